The largest absolute Gasteiger partial charge is 0.377 e. The molecule has 0 aliphatic carbocycles. The fourth-order valence-corrected chi connectivity index (χ4v) is 1.91. The third-order valence-corrected chi connectivity index (χ3v) is 2.88. The summed E-state index contributed by atoms with van der Waals surface area (Å²) in [5.41, 5.74) is 7.01. The Morgan fingerprint density at radius 3 is 2.89 bits per heavy atom. The number of hydrogen-bond acceptors (Lipinski definition) is 3. The topological polar surface area (TPSA) is 53.1 Å². The second-order valence-corrected chi connectivity index (χ2v) is 4.70. The van der Waals surface area contributed by atoms with Crippen molar-refractivity contribution in [2.75, 3.05) is 12.3 Å². The summed E-state index contributed by atoms with van der Waals surface area (Å²) in [5, 5.41) is 0.0468. The van der Waals surface area contributed by atoms with Crippen molar-refractivity contribution in [3.8, 4) is 0 Å². The number of hydrogen-bond donors (Lipinski definition) is 1. The number of nitrogen functional groups attached to an aromatic ring is 1. The minimum atomic E-state index is -0.477. The van der Waals surface area contributed by atoms with Gasteiger partial charge in [0.2, 0.25) is 5.95 Å². The van der Waals surface area contributed by atoms with Gasteiger partial charge < -0.3 is 15.0 Å². The van der Waals surface area contributed by atoms with Crippen LogP contribution in [0.4, 0.5) is 10.3 Å². The van der Waals surface area contributed by atoms with Crippen molar-refractivity contribution in [2.45, 2.75) is 26.5 Å². The predicted octanol–water partition coefficient (Wildman–Crippen LogP) is 2.84. The molecule has 0 bridgehead atoms. The summed E-state index contributed by atoms with van der Waals surface area (Å²) in [6.07, 6.45) is 0.146. The van der Waals surface area contributed by atoms with Gasteiger partial charge >= 0.3 is 0 Å². The molecule has 1 aromatic carbocycles. The number of anilines is 1. The fraction of sp³-hybridized carbons (Fsp3) is 0.417. The summed E-state index contributed by atoms with van der Waals surface area (Å²) in [5.74, 6) is -0.144. The van der Waals surface area contributed by atoms with Crippen LogP contribution in [0.25, 0.3) is 11.0 Å². The van der Waals surface area contributed by atoms with Gasteiger partial charge in [0, 0.05) is 12.6 Å². The van der Waals surface area contributed by atoms with Crippen LogP contribution in [0, 0.1) is 5.82 Å². The molecule has 18 heavy (non-hydrogen) atoms. The summed E-state index contributed by atoms with van der Waals surface area (Å²) in [4.78, 5) is 4.15. The van der Waals surface area contributed by atoms with Gasteiger partial charge in [-0.25, -0.2) is 9.37 Å². The van der Waals surface area contributed by atoms with Crippen molar-refractivity contribution < 1.29 is 9.13 Å². The number of ether oxygens (including phenoxy) is 1. The molecular formula is C12H15ClFN3O. The van der Waals surface area contributed by atoms with E-state index in [1.807, 2.05) is 13.8 Å². The first kappa shape index (κ1) is 13.1. The van der Waals surface area contributed by atoms with Crippen LogP contribution in [0.5, 0.6) is 0 Å². The highest BCUT2D eigenvalue weighted by molar-refractivity contribution is 6.31. The molecule has 0 aliphatic rings. The first-order valence-electron chi connectivity index (χ1n) is 5.71. The maximum absolute atomic E-state index is 13.4. The highest BCUT2D eigenvalue weighted by Gasteiger charge is 2.11. The van der Waals surface area contributed by atoms with E-state index in [1.54, 1.807) is 4.57 Å². The van der Waals surface area contributed by atoms with Crippen LogP contribution < -0.4 is 5.73 Å². The molecule has 0 atom stereocenters. The number of aromatic nitrogens is 2. The van der Waals surface area contributed by atoms with E-state index in [4.69, 9.17) is 22.1 Å². The first-order valence-corrected chi connectivity index (χ1v) is 6.09. The van der Waals surface area contributed by atoms with Crippen LogP contribution >= 0.6 is 11.6 Å². The predicted molar refractivity (Wildman–Crippen MR) is 70.2 cm³/mol. The number of rotatable bonds is 4. The van der Waals surface area contributed by atoms with Crippen molar-refractivity contribution in [2.24, 2.45) is 0 Å². The van der Waals surface area contributed by atoms with Crippen LogP contribution in [0.3, 0.4) is 0 Å². The maximum atomic E-state index is 13.4. The van der Waals surface area contributed by atoms with E-state index in [0.717, 1.165) is 0 Å². The average molecular weight is 272 g/mol. The molecule has 0 unspecified atom stereocenters. The third kappa shape index (κ3) is 2.57. The summed E-state index contributed by atoms with van der Waals surface area (Å²) in [7, 11) is 0. The van der Waals surface area contributed by atoms with Crippen LogP contribution in [0.1, 0.15) is 13.8 Å². The molecule has 2 rings (SSSR count). The van der Waals surface area contributed by atoms with Crippen LogP contribution in [-0.4, -0.2) is 22.3 Å². The summed E-state index contributed by atoms with van der Waals surface area (Å²) in [6, 6.07) is 2.82. The van der Waals surface area contributed by atoms with E-state index in [2.05, 4.69) is 4.98 Å². The summed E-state index contributed by atoms with van der Waals surface area (Å²) < 4.78 is 20.6. The lowest BCUT2D eigenvalue weighted by Crippen LogP contribution is -2.12. The zero-order valence-corrected chi connectivity index (χ0v) is 11.0. The van der Waals surface area contributed by atoms with Crippen LogP contribution in [0.15, 0.2) is 12.1 Å². The van der Waals surface area contributed by atoms with Gasteiger partial charge in [-0.3, -0.25) is 0 Å². The molecule has 0 amide bonds. The molecule has 2 N–H and O–H groups in total. The molecule has 1 heterocycles. The van der Waals surface area contributed by atoms with Crippen molar-refractivity contribution in [1.29, 1.82) is 0 Å². The Morgan fingerprint density at radius 2 is 2.22 bits per heavy atom. The number of nitrogens with two attached hydrogens (primary N) is 1. The van der Waals surface area contributed by atoms with Gasteiger partial charge in [-0.05, 0) is 19.9 Å². The highest BCUT2D eigenvalue weighted by Crippen LogP contribution is 2.24. The first-order chi connectivity index (χ1) is 8.49. The van der Waals surface area contributed by atoms with Gasteiger partial charge in [0.15, 0.2) is 0 Å². The monoisotopic (exact) mass is 271 g/mol. The van der Waals surface area contributed by atoms with Crippen molar-refractivity contribution in [3.05, 3.63) is 23.0 Å². The molecular weight excluding hydrogens is 257 g/mol. The van der Waals surface area contributed by atoms with E-state index in [1.165, 1.54) is 12.1 Å². The summed E-state index contributed by atoms with van der Waals surface area (Å²) >= 11 is 5.71. The van der Waals surface area contributed by atoms with Crippen molar-refractivity contribution in [1.82, 2.24) is 9.55 Å². The highest BCUT2D eigenvalue weighted by atomic mass is 35.5. The van der Waals surface area contributed by atoms with Crippen molar-refractivity contribution >= 4 is 28.6 Å². The lowest BCUT2D eigenvalue weighted by Gasteiger charge is -2.09. The van der Waals surface area contributed by atoms with E-state index in [0.29, 0.717) is 30.1 Å². The van der Waals surface area contributed by atoms with Crippen LogP contribution in [-0.2, 0) is 11.3 Å². The van der Waals surface area contributed by atoms with Gasteiger partial charge in [0.25, 0.3) is 0 Å². The number of benzene rings is 1. The number of fused-ring (bicyclic) bond motifs is 1. The minimum Gasteiger partial charge on any atom is -0.377 e. The lowest BCUT2D eigenvalue weighted by atomic mass is 10.3. The zero-order chi connectivity index (χ0) is 13.3. The average Bonchev–Trinajstić information content (AvgIpc) is 2.56. The van der Waals surface area contributed by atoms with E-state index < -0.39 is 5.82 Å². The number of imidazole rings is 1. The Morgan fingerprint density at radius 1 is 1.50 bits per heavy atom. The fourth-order valence-electron chi connectivity index (χ4n) is 1.75. The van der Waals surface area contributed by atoms with Gasteiger partial charge in [-0.15, -0.1) is 0 Å². The van der Waals surface area contributed by atoms with Gasteiger partial charge in [-0.2, -0.15) is 0 Å². The smallest absolute Gasteiger partial charge is 0.201 e. The molecule has 0 saturated heterocycles. The molecule has 4 nitrogen and oxygen atoms in total. The molecule has 98 valence electrons. The Labute approximate surface area is 109 Å². The molecule has 0 saturated carbocycles. The molecule has 6 heteroatoms. The quantitative estimate of drug-likeness (QED) is 0.930. The SMILES string of the molecule is CC(C)OCCn1c(N)nc2cc(Cl)c(F)cc21. The Bertz CT molecular complexity index is 568. The van der Waals surface area contributed by atoms with Gasteiger partial charge in [-0.1, -0.05) is 11.6 Å². The second kappa shape index (κ2) is 5.12. The van der Waals surface area contributed by atoms with Gasteiger partial charge in [0.1, 0.15) is 5.82 Å². The number of nitrogens with zero attached hydrogens (tertiary/aromatic N) is 2. The molecule has 0 spiro atoms. The maximum Gasteiger partial charge on any atom is 0.201 e. The minimum absolute atomic E-state index is 0.0468. The molecule has 0 radical (unpaired) electrons. The molecule has 2 aromatic rings. The van der Waals surface area contributed by atoms with Crippen LogP contribution in [0.2, 0.25) is 5.02 Å². The normalized spacial score (nSPS) is 11.6. The Hall–Kier alpha value is -1.33. The third-order valence-electron chi connectivity index (χ3n) is 2.59. The molecule has 0 aliphatic heterocycles. The Kier molecular flexibility index (Phi) is 3.73. The zero-order valence-electron chi connectivity index (χ0n) is 10.3. The Balaban J connectivity index is 2.31. The molecule has 1 aromatic heterocycles. The second-order valence-electron chi connectivity index (χ2n) is 4.30. The van der Waals surface area contributed by atoms with E-state index in [9.17, 15) is 4.39 Å². The lowest BCUT2D eigenvalue weighted by molar-refractivity contribution is 0.0735. The molecule has 0 fully saturated rings. The summed E-state index contributed by atoms with van der Waals surface area (Å²) in [6.45, 7) is 4.93. The number of halogens is 2. The van der Waals surface area contributed by atoms with E-state index >= 15 is 0 Å². The van der Waals surface area contributed by atoms with E-state index in [-0.39, 0.29) is 11.1 Å². The van der Waals surface area contributed by atoms with Crippen molar-refractivity contribution in [3.63, 3.8) is 0 Å². The standard InChI is InChI=1S/C12H15ClFN3O/c1-7(2)18-4-3-17-11-6-9(14)8(13)5-10(11)16-12(17)15/h5-7H,3-4H2,1-2H3,(H2,15,16). The van der Waals surface area contributed by atoms with Gasteiger partial charge in [0.05, 0.1) is 28.8 Å².